The van der Waals surface area contributed by atoms with Gasteiger partial charge in [-0.2, -0.15) is 0 Å². The average Bonchev–Trinajstić information content (AvgIpc) is 2.42. The van der Waals surface area contributed by atoms with E-state index in [4.69, 9.17) is 33.4 Å². The van der Waals surface area contributed by atoms with Gasteiger partial charge >= 0.3 is 0 Å². The molecule has 0 heterocycles. The minimum atomic E-state index is -1.29. The Morgan fingerprint density at radius 3 is 1.45 bits per heavy atom. The molecule has 0 unspecified atom stereocenters. The molecule has 0 atom stereocenters. The lowest BCUT2D eigenvalue weighted by atomic mass is 9.87. The van der Waals surface area contributed by atoms with Crippen LogP contribution in [0.25, 0.3) is 0 Å². The van der Waals surface area contributed by atoms with E-state index in [0.717, 1.165) is 11.1 Å². The molecule has 2 aromatic rings. The van der Waals surface area contributed by atoms with E-state index in [1.165, 1.54) is 0 Å². The first-order chi connectivity index (χ1) is 9.56. The summed E-state index contributed by atoms with van der Waals surface area (Å²) in [7, 11) is 0. The van der Waals surface area contributed by atoms with Gasteiger partial charge in [-0.15, -0.1) is 0 Å². The molecule has 0 saturated carbocycles. The standard InChI is InChI=1S/C16H16Cl2O2/c17-13-5-1-11(2-6-13)15(9-10-16(19)20)12-3-7-14(18)8-4-12/h1-8,15-16,19-20H,9-10H2. The Hall–Kier alpha value is -1.06. The van der Waals surface area contributed by atoms with Crippen LogP contribution in [0.5, 0.6) is 0 Å². The van der Waals surface area contributed by atoms with Gasteiger partial charge in [-0.05, 0) is 48.2 Å². The van der Waals surface area contributed by atoms with E-state index in [1.807, 2.05) is 48.5 Å². The predicted molar refractivity (Wildman–Crippen MR) is 82.2 cm³/mol. The van der Waals surface area contributed by atoms with Gasteiger partial charge in [-0.3, -0.25) is 0 Å². The van der Waals surface area contributed by atoms with Crippen LogP contribution in [-0.2, 0) is 0 Å². The third-order valence-corrected chi connectivity index (χ3v) is 3.76. The van der Waals surface area contributed by atoms with Crippen LogP contribution in [-0.4, -0.2) is 16.5 Å². The highest BCUT2D eigenvalue weighted by atomic mass is 35.5. The van der Waals surface area contributed by atoms with Crippen LogP contribution in [0, 0.1) is 0 Å². The molecule has 2 aromatic carbocycles. The number of hydrogen-bond donors (Lipinski definition) is 2. The lowest BCUT2D eigenvalue weighted by molar-refractivity contribution is -0.0468. The molecule has 2 N–H and O–H groups in total. The van der Waals surface area contributed by atoms with Crippen LogP contribution < -0.4 is 0 Å². The predicted octanol–water partition coefficient (Wildman–Crippen LogP) is 4.22. The monoisotopic (exact) mass is 310 g/mol. The Morgan fingerprint density at radius 1 is 0.700 bits per heavy atom. The molecule has 20 heavy (non-hydrogen) atoms. The molecular formula is C16H16Cl2O2. The fourth-order valence-electron chi connectivity index (χ4n) is 2.23. The second kappa shape index (κ2) is 7.09. The number of halogens is 2. The Balaban J connectivity index is 2.28. The van der Waals surface area contributed by atoms with Crippen LogP contribution >= 0.6 is 23.2 Å². The molecule has 0 aliphatic carbocycles. The first kappa shape index (κ1) is 15.3. The second-order valence-electron chi connectivity index (χ2n) is 4.71. The molecule has 0 bridgehead atoms. The summed E-state index contributed by atoms with van der Waals surface area (Å²) in [5.41, 5.74) is 2.19. The van der Waals surface area contributed by atoms with Crippen molar-refractivity contribution < 1.29 is 10.2 Å². The van der Waals surface area contributed by atoms with Crippen LogP contribution in [0.15, 0.2) is 48.5 Å². The van der Waals surface area contributed by atoms with Crippen molar-refractivity contribution in [2.24, 2.45) is 0 Å². The number of benzene rings is 2. The number of aliphatic hydroxyl groups is 2. The van der Waals surface area contributed by atoms with Crippen LogP contribution in [0.1, 0.15) is 29.9 Å². The van der Waals surface area contributed by atoms with Gasteiger partial charge in [0.25, 0.3) is 0 Å². The molecule has 0 amide bonds. The maximum absolute atomic E-state index is 9.10. The van der Waals surface area contributed by atoms with E-state index < -0.39 is 6.29 Å². The van der Waals surface area contributed by atoms with Crippen molar-refractivity contribution in [2.75, 3.05) is 0 Å². The van der Waals surface area contributed by atoms with Gasteiger partial charge in [0, 0.05) is 16.0 Å². The van der Waals surface area contributed by atoms with Crippen molar-refractivity contribution in [1.29, 1.82) is 0 Å². The summed E-state index contributed by atoms with van der Waals surface area (Å²) in [4.78, 5) is 0. The van der Waals surface area contributed by atoms with Gasteiger partial charge in [-0.1, -0.05) is 47.5 Å². The maximum Gasteiger partial charge on any atom is 0.151 e. The smallest absolute Gasteiger partial charge is 0.151 e. The lowest BCUT2D eigenvalue weighted by Gasteiger charge is -2.19. The molecule has 0 aliphatic rings. The number of hydrogen-bond acceptors (Lipinski definition) is 2. The van der Waals surface area contributed by atoms with Crippen molar-refractivity contribution in [3.05, 3.63) is 69.7 Å². The zero-order valence-electron chi connectivity index (χ0n) is 10.8. The molecule has 0 radical (unpaired) electrons. The van der Waals surface area contributed by atoms with Crippen LogP contribution in [0.4, 0.5) is 0 Å². The highest BCUT2D eigenvalue weighted by Gasteiger charge is 2.15. The molecule has 0 spiro atoms. The zero-order chi connectivity index (χ0) is 14.5. The van der Waals surface area contributed by atoms with E-state index in [-0.39, 0.29) is 5.92 Å². The Labute approximate surface area is 128 Å². The first-order valence-electron chi connectivity index (χ1n) is 6.43. The van der Waals surface area contributed by atoms with Gasteiger partial charge in [0.15, 0.2) is 6.29 Å². The molecule has 4 heteroatoms. The molecule has 106 valence electrons. The van der Waals surface area contributed by atoms with Crippen molar-refractivity contribution in [3.8, 4) is 0 Å². The zero-order valence-corrected chi connectivity index (χ0v) is 12.3. The SMILES string of the molecule is OC(O)CCC(c1ccc(Cl)cc1)c1ccc(Cl)cc1. The third kappa shape index (κ3) is 4.22. The molecular weight excluding hydrogens is 295 g/mol. The summed E-state index contributed by atoms with van der Waals surface area (Å²) in [5.74, 6) is 0.0892. The highest BCUT2D eigenvalue weighted by molar-refractivity contribution is 6.30. The topological polar surface area (TPSA) is 40.5 Å². The summed E-state index contributed by atoms with van der Waals surface area (Å²) >= 11 is 11.8. The normalized spacial score (nSPS) is 11.3. The van der Waals surface area contributed by atoms with E-state index in [1.54, 1.807) is 0 Å². The molecule has 0 saturated heterocycles. The van der Waals surface area contributed by atoms with E-state index >= 15 is 0 Å². The minimum absolute atomic E-state index is 0.0892. The fraction of sp³-hybridized carbons (Fsp3) is 0.250. The van der Waals surface area contributed by atoms with Gasteiger partial charge in [-0.25, -0.2) is 0 Å². The van der Waals surface area contributed by atoms with Crippen LogP contribution in [0.3, 0.4) is 0 Å². The molecule has 2 nitrogen and oxygen atoms in total. The lowest BCUT2D eigenvalue weighted by Crippen LogP contribution is -2.09. The van der Waals surface area contributed by atoms with Crippen molar-refractivity contribution >= 4 is 23.2 Å². The van der Waals surface area contributed by atoms with Gasteiger partial charge < -0.3 is 10.2 Å². The summed E-state index contributed by atoms with van der Waals surface area (Å²) < 4.78 is 0. The first-order valence-corrected chi connectivity index (χ1v) is 7.19. The van der Waals surface area contributed by atoms with Crippen molar-refractivity contribution in [2.45, 2.75) is 25.0 Å². The summed E-state index contributed by atoms with van der Waals surface area (Å²) in [6.07, 6.45) is -0.339. The van der Waals surface area contributed by atoms with E-state index in [0.29, 0.717) is 22.9 Å². The Bertz CT molecular complexity index is 490. The highest BCUT2D eigenvalue weighted by Crippen LogP contribution is 2.31. The second-order valence-corrected chi connectivity index (χ2v) is 5.59. The largest absolute Gasteiger partial charge is 0.368 e. The Kier molecular flexibility index (Phi) is 5.44. The molecule has 0 fully saturated rings. The molecule has 2 rings (SSSR count). The molecule has 0 aliphatic heterocycles. The third-order valence-electron chi connectivity index (χ3n) is 3.26. The van der Waals surface area contributed by atoms with Gasteiger partial charge in [0.05, 0.1) is 0 Å². The maximum atomic E-state index is 9.10. The number of rotatable bonds is 5. The number of aliphatic hydroxyl groups excluding tert-OH is 1. The Morgan fingerprint density at radius 2 is 1.10 bits per heavy atom. The van der Waals surface area contributed by atoms with Gasteiger partial charge in [0.1, 0.15) is 0 Å². The summed E-state index contributed by atoms with van der Waals surface area (Å²) in [6, 6.07) is 15.2. The van der Waals surface area contributed by atoms with Gasteiger partial charge in [0.2, 0.25) is 0 Å². The minimum Gasteiger partial charge on any atom is -0.368 e. The fourth-order valence-corrected chi connectivity index (χ4v) is 2.48. The molecule has 0 aromatic heterocycles. The quantitative estimate of drug-likeness (QED) is 0.812. The average molecular weight is 311 g/mol. The summed E-state index contributed by atoms with van der Waals surface area (Å²) in [6.45, 7) is 0. The van der Waals surface area contributed by atoms with Crippen molar-refractivity contribution in [3.63, 3.8) is 0 Å². The van der Waals surface area contributed by atoms with Crippen LogP contribution in [0.2, 0.25) is 10.0 Å². The van der Waals surface area contributed by atoms with E-state index in [2.05, 4.69) is 0 Å². The summed E-state index contributed by atoms with van der Waals surface area (Å²) in [5, 5.41) is 19.6. The van der Waals surface area contributed by atoms with E-state index in [9.17, 15) is 0 Å². The van der Waals surface area contributed by atoms with Crippen molar-refractivity contribution in [1.82, 2.24) is 0 Å².